The summed E-state index contributed by atoms with van der Waals surface area (Å²) >= 11 is 0. The van der Waals surface area contributed by atoms with Gasteiger partial charge in [0.05, 0.1) is 37.2 Å². The van der Waals surface area contributed by atoms with Crippen molar-refractivity contribution >= 4 is 58.8 Å². The minimum Gasteiger partial charge on any atom is -0.463 e. The van der Waals surface area contributed by atoms with Gasteiger partial charge in [-0.3, -0.25) is 39.6 Å². The van der Waals surface area contributed by atoms with Crippen LogP contribution in [0.25, 0.3) is 0 Å². The van der Waals surface area contributed by atoms with Crippen molar-refractivity contribution in [2.45, 2.75) is 83.6 Å². The molecule has 0 saturated carbocycles. The van der Waals surface area contributed by atoms with Crippen molar-refractivity contribution < 1.29 is 33.4 Å². The highest BCUT2D eigenvalue weighted by atomic mass is 16.5. The van der Waals surface area contributed by atoms with Crippen LogP contribution in [0, 0.1) is 6.92 Å². The van der Waals surface area contributed by atoms with Gasteiger partial charge in [-0.25, -0.2) is 0 Å². The average molecular weight is 858 g/mol. The lowest BCUT2D eigenvalue weighted by atomic mass is 10.0. The van der Waals surface area contributed by atoms with E-state index in [0.717, 1.165) is 103 Å². The molecule has 0 bridgehead atoms. The van der Waals surface area contributed by atoms with Gasteiger partial charge < -0.3 is 25.0 Å². The molecule has 7 rings (SSSR count). The fourth-order valence-electron chi connectivity index (χ4n) is 7.76. The molecule has 330 valence electrons. The third-order valence-corrected chi connectivity index (χ3v) is 11.2. The third-order valence-electron chi connectivity index (χ3n) is 11.2. The molecule has 0 spiro atoms. The van der Waals surface area contributed by atoms with Crippen LogP contribution in [0.4, 0.5) is 23.0 Å². The summed E-state index contributed by atoms with van der Waals surface area (Å²) in [4.78, 5) is 74.8. The number of nitrogens with zero attached hydrogens (tertiary/aromatic N) is 5. The number of morpholine rings is 1. The first-order valence-electron chi connectivity index (χ1n) is 21.9. The molecule has 16 nitrogen and oxygen atoms in total. The summed E-state index contributed by atoms with van der Waals surface area (Å²) in [6, 6.07) is 22.1. The second-order valence-corrected chi connectivity index (χ2v) is 16.0. The highest BCUT2D eigenvalue weighted by molar-refractivity contribution is 6.23. The Balaban J connectivity index is 0.751. The van der Waals surface area contributed by atoms with Crippen LogP contribution >= 0.6 is 0 Å². The Bertz CT molecular complexity index is 2300. The molecule has 0 radical (unpaired) electrons. The van der Waals surface area contributed by atoms with Crippen LogP contribution in [0.1, 0.15) is 102 Å². The zero-order valence-corrected chi connectivity index (χ0v) is 35.7. The van der Waals surface area contributed by atoms with E-state index < -0.39 is 29.7 Å². The van der Waals surface area contributed by atoms with Crippen LogP contribution in [0.5, 0.6) is 6.01 Å². The standard InChI is InChI=1S/C47H55N9O7/c1-32-10-9-11-34(28-32)31-49-54-40-30-41(55-23-26-62-27-24-55)52-47(51-40)63-25-21-33-13-15-35(16-14-33)50-42(57)12-7-5-3-2-4-6-8-22-48-36-17-18-37-38(29-36)46(61)56(45(37)60)39-19-20-43(58)53-44(39)59/h9-11,13-18,28-31,39,48H,2-8,12,19-27H2,1H3,(H,50,57)(H,51,52,54)(H,53,58,59)/b49-31+. The first kappa shape index (κ1) is 44.4. The highest BCUT2D eigenvalue weighted by Gasteiger charge is 2.44. The van der Waals surface area contributed by atoms with E-state index in [1.54, 1.807) is 24.4 Å². The Morgan fingerprint density at radius 2 is 1.62 bits per heavy atom. The van der Waals surface area contributed by atoms with Crippen molar-refractivity contribution in [3.63, 3.8) is 0 Å². The Hall–Kier alpha value is -6.68. The van der Waals surface area contributed by atoms with E-state index in [0.29, 0.717) is 38.5 Å². The number of unbranched alkanes of at least 4 members (excludes halogenated alkanes) is 6. The quantitative estimate of drug-likeness (QED) is 0.0318. The Morgan fingerprint density at radius 3 is 2.40 bits per heavy atom. The molecule has 4 heterocycles. The van der Waals surface area contributed by atoms with Crippen LogP contribution in [0.3, 0.4) is 0 Å². The van der Waals surface area contributed by atoms with Gasteiger partial charge >= 0.3 is 6.01 Å². The van der Waals surface area contributed by atoms with E-state index in [1.807, 2.05) is 55.5 Å². The van der Waals surface area contributed by atoms with Crippen molar-refractivity contribution in [1.29, 1.82) is 0 Å². The van der Waals surface area contributed by atoms with Gasteiger partial charge in [0.2, 0.25) is 17.7 Å². The molecule has 1 atom stereocenters. The number of aromatic nitrogens is 2. The second kappa shape index (κ2) is 21.9. The van der Waals surface area contributed by atoms with Crippen molar-refractivity contribution in [1.82, 2.24) is 20.2 Å². The topological polar surface area (TPSA) is 197 Å². The van der Waals surface area contributed by atoms with Crippen molar-refractivity contribution in [2.24, 2.45) is 5.10 Å². The van der Waals surface area contributed by atoms with E-state index in [2.05, 4.69) is 47.4 Å². The van der Waals surface area contributed by atoms with Crippen LogP contribution in [-0.4, -0.2) is 96.1 Å². The van der Waals surface area contributed by atoms with Gasteiger partial charge in [-0.2, -0.15) is 15.1 Å². The lowest BCUT2D eigenvalue weighted by Gasteiger charge is -2.28. The molecule has 3 aromatic carbocycles. The summed E-state index contributed by atoms with van der Waals surface area (Å²) in [7, 11) is 0. The number of anilines is 4. The van der Waals surface area contributed by atoms with Gasteiger partial charge in [0, 0.05) is 56.3 Å². The number of carbonyl (C=O) groups is 5. The van der Waals surface area contributed by atoms with E-state index in [-0.39, 0.29) is 35.9 Å². The van der Waals surface area contributed by atoms with Gasteiger partial charge in [-0.15, -0.1) is 0 Å². The molecular weight excluding hydrogens is 803 g/mol. The maximum atomic E-state index is 13.1. The molecule has 4 aromatic rings. The monoisotopic (exact) mass is 857 g/mol. The van der Waals surface area contributed by atoms with E-state index in [4.69, 9.17) is 9.47 Å². The van der Waals surface area contributed by atoms with Gasteiger partial charge in [-0.05, 0) is 67.6 Å². The fourth-order valence-corrected chi connectivity index (χ4v) is 7.76. The molecule has 2 fully saturated rings. The SMILES string of the molecule is Cc1cccc(/C=N/Nc2cc(N3CCOCC3)nc(OCCc3ccc(NC(=O)CCCCCCCCCNc4ccc5c(c4)C(=O)N(C4CCC(=O)NC4=O)C5=O)cc3)n2)c1. The summed E-state index contributed by atoms with van der Waals surface area (Å²) in [5, 5.41) is 12.9. The number of hydrogen-bond donors (Lipinski definition) is 4. The summed E-state index contributed by atoms with van der Waals surface area (Å²) in [5.74, 6) is -0.757. The number of carbonyl (C=O) groups excluding carboxylic acids is 5. The van der Waals surface area contributed by atoms with Crippen LogP contribution in [0.2, 0.25) is 0 Å². The molecule has 2 saturated heterocycles. The Labute approximate surface area is 367 Å². The number of hydrazone groups is 1. The van der Waals surface area contributed by atoms with Gasteiger partial charge in [0.15, 0.2) is 5.82 Å². The molecule has 3 aliphatic heterocycles. The zero-order chi connectivity index (χ0) is 44.0. The van der Waals surface area contributed by atoms with E-state index in [1.165, 1.54) is 0 Å². The summed E-state index contributed by atoms with van der Waals surface area (Å²) in [5.41, 5.74) is 8.26. The van der Waals surface area contributed by atoms with E-state index >= 15 is 0 Å². The van der Waals surface area contributed by atoms with Crippen LogP contribution in [0.15, 0.2) is 77.9 Å². The number of benzene rings is 3. The summed E-state index contributed by atoms with van der Waals surface area (Å²) < 4.78 is 11.6. The highest BCUT2D eigenvalue weighted by Crippen LogP contribution is 2.30. The number of aryl methyl sites for hydroxylation is 1. The number of amides is 5. The molecule has 3 aliphatic rings. The minimum absolute atomic E-state index is 0.00314. The first-order chi connectivity index (χ1) is 30.7. The largest absolute Gasteiger partial charge is 0.463 e. The number of ether oxygens (including phenoxy) is 2. The van der Waals surface area contributed by atoms with Gasteiger partial charge in [0.25, 0.3) is 11.8 Å². The second-order valence-electron chi connectivity index (χ2n) is 16.0. The molecule has 1 aromatic heterocycles. The normalized spacial score (nSPS) is 16.3. The van der Waals surface area contributed by atoms with Gasteiger partial charge in [-0.1, -0.05) is 74.1 Å². The van der Waals surface area contributed by atoms with E-state index in [9.17, 15) is 24.0 Å². The first-order valence-corrected chi connectivity index (χ1v) is 21.9. The molecule has 4 N–H and O–H groups in total. The van der Waals surface area contributed by atoms with Crippen LogP contribution in [-0.2, 0) is 25.5 Å². The summed E-state index contributed by atoms with van der Waals surface area (Å²) in [6.45, 7) is 5.85. The zero-order valence-electron chi connectivity index (χ0n) is 35.7. The number of piperidine rings is 1. The Morgan fingerprint density at radius 1 is 0.873 bits per heavy atom. The van der Waals surface area contributed by atoms with Crippen molar-refractivity contribution in [3.05, 3.63) is 101 Å². The maximum Gasteiger partial charge on any atom is 0.320 e. The number of nitrogens with one attached hydrogen (secondary N) is 4. The predicted molar refractivity (Wildman–Crippen MR) is 240 cm³/mol. The molecule has 1 unspecified atom stereocenters. The number of imide groups is 2. The van der Waals surface area contributed by atoms with Crippen LogP contribution < -0.4 is 31.0 Å². The molecule has 63 heavy (non-hydrogen) atoms. The molecule has 5 amide bonds. The molecule has 0 aliphatic carbocycles. The summed E-state index contributed by atoms with van der Waals surface area (Å²) in [6.07, 6.45) is 10.1. The van der Waals surface area contributed by atoms with Crippen molar-refractivity contribution in [2.75, 3.05) is 60.4 Å². The third kappa shape index (κ3) is 12.5. The lowest BCUT2D eigenvalue weighted by Crippen LogP contribution is -2.54. The number of hydrogen-bond acceptors (Lipinski definition) is 13. The fraction of sp³-hybridized carbons (Fsp3) is 0.404. The van der Waals surface area contributed by atoms with Crippen molar-refractivity contribution in [3.8, 4) is 6.01 Å². The average Bonchev–Trinajstić information content (AvgIpc) is 3.52. The number of fused-ring (bicyclic) bond motifs is 1. The maximum absolute atomic E-state index is 13.1. The molecule has 16 heteroatoms. The Kier molecular flexibility index (Phi) is 15.4. The predicted octanol–water partition coefficient (Wildman–Crippen LogP) is 6.26. The van der Waals surface area contributed by atoms with Gasteiger partial charge in [0.1, 0.15) is 11.9 Å². The smallest absolute Gasteiger partial charge is 0.320 e. The minimum atomic E-state index is -0.977. The lowest BCUT2D eigenvalue weighted by molar-refractivity contribution is -0.136. The molecular formula is C47H55N9O7. The number of rotatable bonds is 21.